The van der Waals surface area contributed by atoms with E-state index < -0.39 is 28.0 Å². The van der Waals surface area contributed by atoms with Gasteiger partial charge in [0.25, 0.3) is 5.91 Å². The predicted octanol–water partition coefficient (Wildman–Crippen LogP) is 2.23. The van der Waals surface area contributed by atoms with E-state index in [1.165, 1.54) is 24.1 Å². The quantitative estimate of drug-likeness (QED) is 0.737. The number of benzene rings is 2. The Morgan fingerprint density at radius 2 is 1.74 bits per heavy atom. The molecule has 144 valence electrons. The highest BCUT2D eigenvalue weighted by Crippen LogP contribution is 2.25. The topological polar surface area (TPSA) is 92.8 Å². The van der Waals surface area contributed by atoms with Gasteiger partial charge in [-0.1, -0.05) is 41.9 Å². The van der Waals surface area contributed by atoms with E-state index >= 15 is 0 Å². The van der Waals surface area contributed by atoms with Crippen molar-refractivity contribution in [2.45, 2.75) is 11.0 Å². The highest BCUT2D eigenvalue weighted by Gasteiger charge is 2.28. The largest absolute Gasteiger partial charge is 0.444 e. The number of halogens is 1. The zero-order valence-corrected chi connectivity index (χ0v) is 16.5. The first-order valence-corrected chi connectivity index (χ1v) is 9.73. The second kappa shape index (κ2) is 8.51. The van der Waals surface area contributed by atoms with E-state index in [9.17, 15) is 18.0 Å². The summed E-state index contributed by atoms with van der Waals surface area (Å²) in [5.41, 5.74) is 0.460. The van der Waals surface area contributed by atoms with Crippen LogP contribution in [-0.4, -0.2) is 46.3 Å². The van der Waals surface area contributed by atoms with E-state index in [0.29, 0.717) is 5.56 Å². The summed E-state index contributed by atoms with van der Waals surface area (Å²) in [6.07, 6.45) is -1.16. The summed E-state index contributed by atoms with van der Waals surface area (Å²) in [5, 5.41) is -0.0372. The average Bonchev–Trinajstić information content (AvgIpc) is 2.66. The third-order valence-electron chi connectivity index (χ3n) is 3.72. The predicted molar refractivity (Wildman–Crippen MR) is 101 cm³/mol. The van der Waals surface area contributed by atoms with Crippen LogP contribution >= 0.6 is 11.6 Å². The first-order chi connectivity index (χ1) is 12.7. The molecular formula is C18H19ClN2O5S. The summed E-state index contributed by atoms with van der Waals surface area (Å²) in [6, 6.07) is 12.3. The lowest BCUT2D eigenvalue weighted by Gasteiger charge is -2.21. The molecule has 1 amide bonds. The SMILES string of the molecule is CNS(=O)(=O)c1cc(C(=O)O[C@@H](C(=O)N(C)C)c2ccccc2)ccc1Cl. The number of rotatable bonds is 6. The van der Waals surface area contributed by atoms with Crippen LogP contribution in [0.3, 0.4) is 0 Å². The van der Waals surface area contributed by atoms with Gasteiger partial charge in [0.15, 0.2) is 0 Å². The summed E-state index contributed by atoms with van der Waals surface area (Å²) < 4.78 is 31.6. The number of nitrogens with zero attached hydrogens (tertiary/aromatic N) is 1. The van der Waals surface area contributed by atoms with Crippen molar-refractivity contribution in [2.75, 3.05) is 21.1 Å². The number of sulfonamides is 1. The minimum Gasteiger partial charge on any atom is -0.444 e. The molecule has 0 aliphatic carbocycles. The van der Waals surface area contributed by atoms with Crippen molar-refractivity contribution in [1.82, 2.24) is 9.62 Å². The van der Waals surface area contributed by atoms with Gasteiger partial charge in [-0.05, 0) is 25.2 Å². The van der Waals surface area contributed by atoms with Gasteiger partial charge in [-0.15, -0.1) is 0 Å². The number of amides is 1. The van der Waals surface area contributed by atoms with E-state index in [2.05, 4.69) is 4.72 Å². The fourth-order valence-electron chi connectivity index (χ4n) is 2.24. The molecule has 0 aliphatic heterocycles. The summed E-state index contributed by atoms with van der Waals surface area (Å²) in [7, 11) is 0.469. The molecule has 0 unspecified atom stereocenters. The van der Waals surface area contributed by atoms with Crippen molar-refractivity contribution in [3.05, 3.63) is 64.7 Å². The first-order valence-electron chi connectivity index (χ1n) is 7.87. The Hall–Kier alpha value is -2.42. The highest BCUT2D eigenvalue weighted by atomic mass is 35.5. The molecule has 0 radical (unpaired) electrons. The molecule has 0 heterocycles. The lowest BCUT2D eigenvalue weighted by Crippen LogP contribution is -2.31. The molecular weight excluding hydrogens is 392 g/mol. The summed E-state index contributed by atoms with van der Waals surface area (Å²) >= 11 is 5.93. The van der Waals surface area contributed by atoms with Gasteiger partial charge in [0.1, 0.15) is 4.90 Å². The van der Waals surface area contributed by atoms with Gasteiger partial charge in [-0.25, -0.2) is 17.9 Å². The molecule has 2 aromatic rings. The molecule has 1 N–H and O–H groups in total. The van der Waals surface area contributed by atoms with Gasteiger partial charge in [0, 0.05) is 19.7 Å². The lowest BCUT2D eigenvalue weighted by molar-refractivity contribution is -0.138. The van der Waals surface area contributed by atoms with Crippen molar-refractivity contribution >= 4 is 33.5 Å². The van der Waals surface area contributed by atoms with Crippen LogP contribution in [0, 0.1) is 0 Å². The second-order valence-electron chi connectivity index (χ2n) is 5.78. The number of carbonyl (C=O) groups excluding carboxylic acids is 2. The van der Waals surface area contributed by atoms with Crippen LogP contribution in [0.2, 0.25) is 5.02 Å². The molecule has 0 saturated carbocycles. The minimum atomic E-state index is -3.86. The molecule has 0 saturated heterocycles. The number of hydrogen-bond donors (Lipinski definition) is 1. The molecule has 0 aromatic heterocycles. The van der Waals surface area contributed by atoms with Crippen LogP contribution in [0.15, 0.2) is 53.4 Å². The highest BCUT2D eigenvalue weighted by molar-refractivity contribution is 7.89. The number of hydrogen-bond acceptors (Lipinski definition) is 5. The summed E-state index contributed by atoms with van der Waals surface area (Å²) in [6.45, 7) is 0. The van der Waals surface area contributed by atoms with E-state index in [1.54, 1.807) is 44.4 Å². The summed E-state index contributed by atoms with van der Waals surface area (Å²) in [4.78, 5) is 26.1. The van der Waals surface area contributed by atoms with Gasteiger partial charge in [-0.3, -0.25) is 4.79 Å². The van der Waals surface area contributed by atoms with Crippen molar-refractivity contribution < 1.29 is 22.7 Å². The molecule has 1 atom stereocenters. The zero-order valence-electron chi connectivity index (χ0n) is 15.0. The molecule has 0 spiro atoms. The van der Waals surface area contributed by atoms with Crippen LogP contribution in [-0.2, 0) is 19.6 Å². The number of ether oxygens (including phenoxy) is 1. The Morgan fingerprint density at radius 3 is 2.30 bits per heavy atom. The van der Waals surface area contributed by atoms with Crippen molar-refractivity contribution in [3.63, 3.8) is 0 Å². The second-order valence-corrected chi connectivity index (χ2v) is 8.04. The maximum absolute atomic E-state index is 12.6. The van der Waals surface area contributed by atoms with E-state index in [0.717, 1.165) is 6.07 Å². The molecule has 0 aliphatic rings. The van der Waals surface area contributed by atoms with Crippen LogP contribution in [0.25, 0.3) is 0 Å². The third kappa shape index (κ3) is 4.85. The third-order valence-corrected chi connectivity index (χ3v) is 5.61. The van der Waals surface area contributed by atoms with Crippen molar-refractivity contribution in [3.8, 4) is 0 Å². The molecule has 2 aromatic carbocycles. The van der Waals surface area contributed by atoms with Crippen molar-refractivity contribution in [2.24, 2.45) is 0 Å². The normalized spacial score (nSPS) is 12.3. The Morgan fingerprint density at radius 1 is 1.11 bits per heavy atom. The van der Waals surface area contributed by atoms with Crippen LogP contribution < -0.4 is 4.72 Å². The van der Waals surface area contributed by atoms with Gasteiger partial charge in [-0.2, -0.15) is 0 Å². The molecule has 2 rings (SSSR count). The summed E-state index contributed by atoms with van der Waals surface area (Å²) in [5.74, 6) is -1.27. The zero-order chi connectivity index (χ0) is 20.2. The monoisotopic (exact) mass is 410 g/mol. The molecule has 0 bridgehead atoms. The van der Waals surface area contributed by atoms with Gasteiger partial charge in [0.2, 0.25) is 16.1 Å². The maximum atomic E-state index is 12.6. The Bertz CT molecular complexity index is 945. The number of likely N-dealkylation sites (N-methyl/N-ethyl adjacent to an activating group) is 1. The fraction of sp³-hybridized carbons (Fsp3) is 0.222. The van der Waals surface area contributed by atoms with Crippen LogP contribution in [0.5, 0.6) is 0 Å². The van der Waals surface area contributed by atoms with E-state index in [1.807, 2.05) is 0 Å². The van der Waals surface area contributed by atoms with Crippen molar-refractivity contribution in [1.29, 1.82) is 0 Å². The number of carbonyl (C=O) groups is 2. The lowest BCUT2D eigenvalue weighted by atomic mass is 10.1. The van der Waals surface area contributed by atoms with E-state index in [-0.39, 0.29) is 15.5 Å². The molecule has 9 heteroatoms. The Labute approximate surface area is 162 Å². The van der Waals surface area contributed by atoms with Crippen LogP contribution in [0.4, 0.5) is 0 Å². The standard InChI is InChI=1S/C18H19ClN2O5S/c1-20-27(24,25)15-11-13(9-10-14(15)19)18(23)26-16(17(22)21(2)3)12-7-5-4-6-8-12/h4-11,16,20H,1-3H3/t16-/m1/s1. The van der Waals surface area contributed by atoms with Crippen LogP contribution in [0.1, 0.15) is 22.0 Å². The van der Waals surface area contributed by atoms with E-state index in [4.69, 9.17) is 16.3 Å². The number of esters is 1. The smallest absolute Gasteiger partial charge is 0.339 e. The number of nitrogens with one attached hydrogen (secondary N) is 1. The van der Waals surface area contributed by atoms with Gasteiger partial charge >= 0.3 is 5.97 Å². The van der Waals surface area contributed by atoms with Gasteiger partial charge < -0.3 is 9.64 Å². The Kier molecular flexibility index (Phi) is 6.59. The molecule has 0 fully saturated rings. The first kappa shape index (κ1) is 20.9. The van der Waals surface area contributed by atoms with Gasteiger partial charge in [0.05, 0.1) is 10.6 Å². The maximum Gasteiger partial charge on any atom is 0.339 e. The fourth-order valence-corrected chi connectivity index (χ4v) is 3.49. The average molecular weight is 411 g/mol. The Balaban J connectivity index is 2.39. The molecule has 27 heavy (non-hydrogen) atoms. The molecule has 7 nitrogen and oxygen atoms in total. The minimum absolute atomic E-state index is 0.0372.